The summed E-state index contributed by atoms with van der Waals surface area (Å²) in [7, 11) is 0. The van der Waals surface area contributed by atoms with Crippen LogP contribution >= 0.6 is 0 Å². The van der Waals surface area contributed by atoms with E-state index >= 15 is 0 Å². The molecule has 0 spiro atoms. The van der Waals surface area contributed by atoms with E-state index in [4.69, 9.17) is 4.74 Å². The highest BCUT2D eigenvalue weighted by atomic mass is 16.5. The van der Waals surface area contributed by atoms with Crippen LogP contribution in [0.1, 0.15) is 98.3 Å². The third kappa shape index (κ3) is 6.74. The highest BCUT2D eigenvalue weighted by molar-refractivity contribution is 5.85. The fourth-order valence-electron chi connectivity index (χ4n) is 4.06. The van der Waals surface area contributed by atoms with Gasteiger partial charge in [-0.05, 0) is 43.9 Å². The molecule has 0 bridgehead atoms. The lowest BCUT2D eigenvalue weighted by molar-refractivity contribution is -0.156. The molecule has 3 aliphatic carbocycles. The summed E-state index contributed by atoms with van der Waals surface area (Å²) in [6.45, 7) is 0.0226. The Balaban J connectivity index is 0.00000208. The number of ether oxygens (including phenoxy) is 1. The third-order valence-electron chi connectivity index (χ3n) is 6.54. The number of unbranched alkanes of at least 4 members (excludes halogenated alkanes) is 1. The summed E-state index contributed by atoms with van der Waals surface area (Å²) in [4.78, 5) is 24.3. The molecule has 149 valence electrons. The summed E-state index contributed by atoms with van der Waals surface area (Å²) >= 11 is 0. The van der Waals surface area contributed by atoms with Crippen molar-refractivity contribution in [3.8, 4) is 0 Å². The molecule has 0 aromatic heterocycles. The highest BCUT2D eigenvalue weighted by Crippen LogP contribution is 2.38. The van der Waals surface area contributed by atoms with Crippen LogP contribution in [0.5, 0.6) is 0 Å². The van der Waals surface area contributed by atoms with Crippen LogP contribution in [-0.4, -0.2) is 26.8 Å². The Hall–Kier alpha value is -0.795. The van der Waals surface area contributed by atoms with Crippen LogP contribution in [0, 0.1) is 23.7 Å². The zero-order chi connectivity index (χ0) is 16.1. The summed E-state index contributed by atoms with van der Waals surface area (Å²) in [5.74, 6) is 1.76. The molecule has 0 N–H and O–H groups in total. The lowest BCUT2D eigenvalue weighted by atomic mass is 9.73. The van der Waals surface area contributed by atoms with Gasteiger partial charge in [0.2, 0.25) is 0 Å². The Kier molecular flexibility index (Phi) is 12.2. The van der Waals surface area contributed by atoms with Gasteiger partial charge in [-0.1, -0.05) is 66.2 Å². The molecule has 3 fully saturated rings. The number of rotatable bonds is 10. The Labute approximate surface area is 163 Å². The van der Waals surface area contributed by atoms with E-state index in [0.717, 1.165) is 38.0 Å². The van der Waals surface area contributed by atoms with Gasteiger partial charge in [-0.25, -0.2) is 0 Å². The Bertz CT molecular complexity index is 412. The largest absolute Gasteiger partial charge is 0.457 e. The molecule has 0 aromatic rings. The first-order valence-electron chi connectivity index (χ1n) is 9.93. The summed E-state index contributed by atoms with van der Waals surface area (Å²) in [6.07, 6.45) is 15.6. The molecule has 3 nitrogen and oxygen atoms in total. The number of Topliss-reactive ketones (excluding diaryl/α,β-unsaturated/α-hetero) is 1. The number of hydrogen-bond acceptors (Lipinski definition) is 3. The average Bonchev–Trinajstić information content (AvgIpc) is 2.37. The first-order chi connectivity index (χ1) is 11.2. The molecule has 0 heterocycles. The van der Waals surface area contributed by atoms with Gasteiger partial charge in [-0.15, -0.1) is 0 Å². The fourth-order valence-corrected chi connectivity index (χ4v) is 4.06. The average molecular weight is 363 g/mol. The molecule has 0 saturated heterocycles. The SMILES string of the molecule is C.C.O=C(COC(=O)C(CCCCC1CCC1)C1CCC1)C1CCC1.[B]. The van der Waals surface area contributed by atoms with Crippen LogP contribution in [0.15, 0.2) is 0 Å². The molecule has 3 radical (unpaired) electrons. The quantitative estimate of drug-likeness (QED) is 0.290. The van der Waals surface area contributed by atoms with Crippen molar-refractivity contribution in [1.29, 1.82) is 0 Å². The molecule has 3 aliphatic rings. The molecule has 0 amide bonds. The van der Waals surface area contributed by atoms with Gasteiger partial charge in [0.1, 0.15) is 6.61 Å². The van der Waals surface area contributed by atoms with Crippen LogP contribution in [0.3, 0.4) is 0 Å². The molecular formula is C22H40BO3. The van der Waals surface area contributed by atoms with Crippen LogP contribution < -0.4 is 0 Å². The highest BCUT2D eigenvalue weighted by Gasteiger charge is 2.34. The van der Waals surface area contributed by atoms with Gasteiger partial charge in [-0.3, -0.25) is 9.59 Å². The standard InChI is InChI=1S/C20H32O3.2CH4.B/c21-19(17-11-5-12-17)14-23-20(22)18(16-9-4-10-16)13-2-1-6-15-7-3-8-15;;;/h15-18H,1-14H2;2*1H4;. The Morgan fingerprint density at radius 2 is 1.50 bits per heavy atom. The van der Waals surface area contributed by atoms with Crippen molar-refractivity contribution in [3.05, 3.63) is 0 Å². The molecule has 3 rings (SSSR count). The number of ketones is 1. The zero-order valence-electron chi connectivity index (χ0n) is 15.0. The molecule has 0 aliphatic heterocycles. The van der Waals surface area contributed by atoms with E-state index in [1.165, 1.54) is 51.4 Å². The smallest absolute Gasteiger partial charge is 0.309 e. The molecule has 26 heavy (non-hydrogen) atoms. The molecular weight excluding hydrogens is 323 g/mol. The van der Waals surface area contributed by atoms with Gasteiger partial charge >= 0.3 is 5.97 Å². The van der Waals surface area contributed by atoms with Crippen LogP contribution in [0.4, 0.5) is 0 Å². The minimum absolute atomic E-state index is 0. The molecule has 1 unspecified atom stereocenters. The second-order valence-corrected chi connectivity index (χ2v) is 8.08. The minimum Gasteiger partial charge on any atom is -0.457 e. The van der Waals surface area contributed by atoms with Crippen molar-refractivity contribution in [3.63, 3.8) is 0 Å². The number of esters is 1. The van der Waals surface area contributed by atoms with Gasteiger partial charge in [0.15, 0.2) is 5.78 Å². The first kappa shape index (κ1) is 25.2. The Morgan fingerprint density at radius 3 is 1.96 bits per heavy atom. The normalized spacial score (nSPS) is 20.8. The van der Waals surface area contributed by atoms with E-state index in [-0.39, 0.29) is 53.5 Å². The van der Waals surface area contributed by atoms with Crippen molar-refractivity contribution in [1.82, 2.24) is 0 Å². The first-order valence-corrected chi connectivity index (χ1v) is 9.93. The maximum Gasteiger partial charge on any atom is 0.309 e. The van der Waals surface area contributed by atoms with Gasteiger partial charge in [0.05, 0.1) is 5.92 Å². The van der Waals surface area contributed by atoms with Gasteiger partial charge in [-0.2, -0.15) is 0 Å². The fraction of sp³-hybridized carbons (Fsp3) is 0.909. The van der Waals surface area contributed by atoms with E-state index in [2.05, 4.69) is 0 Å². The summed E-state index contributed by atoms with van der Waals surface area (Å²) in [6, 6.07) is 0. The maximum atomic E-state index is 12.4. The van der Waals surface area contributed by atoms with Crippen molar-refractivity contribution < 1.29 is 14.3 Å². The van der Waals surface area contributed by atoms with Crippen LogP contribution in [0.25, 0.3) is 0 Å². The summed E-state index contributed by atoms with van der Waals surface area (Å²) in [5, 5.41) is 0. The van der Waals surface area contributed by atoms with Crippen molar-refractivity contribution in [2.75, 3.05) is 6.61 Å². The Morgan fingerprint density at radius 1 is 0.885 bits per heavy atom. The van der Waals surface area contributed by atoms with E-state index in [0.29, 0.717) is 5.92 Å². The summed E-state index contributed by atoms with van der Waals surface area (Å²) < 4.78 is 5.40. The predicted molar refractivity (Wildman–Crippen MR) is 109 cm³/mol. The zero-order valence-corrected chi connectivity index (χ0v) is 15.0. The van der Waals surface area contributed by atoms with E-state index in [1.807, 2.05) is 0 Å². The lowest BCUT2D eigenvalue weighted by Gasteiger charge is -2.33. The second kappa shape index (κ2) is 12.6. The molecule has 1 atom stereocenters. The maximum absolute atomic E-state index is 12.4. The second-order valence-electron chi connectivity index (χ2n) is 8.08. The van der Waals surface area contributed by atoms with Crippen molar-refractivity contribution >= 4 is 20.2 Å². The number of hydrogen-bond donors (Lipinski definition) is 0. The van der Waals surface area contributed by atoms with E-state index < -0.39 is 0 Å². The van der Waals surface area contributed by atoms with Crippen molar-refractivity contribution in [2.45, 2.75) is 98.3 Å². The predicted octanol–water partition coefficient (Wildman–Crippen LogP) is 5.57. The van der Waals surface area contributed by atoms with E-state index in [1.54, 1.807) is 0 Å². The lowest BCUT2D eigenvalue weighted by Crippen LogP contribution is -2.33. The van der Waals surface area contributed by atoms with Gasteiger partial charge in [0, 0.05) is 14.3 Å². The molecule has 3 saturated carbocycles. The summed E-state index contributed by atoms with van der Waals surface area (Å²) in [5.41, 5.74) is 0. The monoisotopic (exact) mass is 363 g/mol. The molecule has 0 aromatic carbocycles. The van der Waals surface area contributed by atoms with Gasteiger partial charge < -0.3 is 4.74 Å². The van der Waals surface area contributed by atoms with Crippen LogP contribution in [0.2, 0.25) is 0 Å². The topological polar surface area (TPSA) is 43.4 Å². The van der Waals surface area contributed by atoms with Crippen LogP contribution in [-0.2, 0) is 14.3 Å². The number of carbonyl (C=O) groups is 2. The molecule has 4 heteroatoms. The van der Waals surface area contributed by atoms with E-state index in [9.17, 15) is 9.59 Å². The van der Waals surface area contributed by atoms with Gasteiger partial charge in [0.25, 0.3) is 0 Å². The number of carbonyl (C=O) groups excluding carboxylic acids is 2. The third-order valence-corrected chi connectivity index (χ3v) is 6.54. The minimum atomic E-state index is -0.0917. The van der Waals surface area contributed by atoms with Crippen molar-refractivity contribution in [2.24, 2.45) is 23.7 Å².